The Balaban J connectivity index is 1.93. The predicted molar refractivity (Wildman–Crippen MR) is 108 cm³/mol. The van der Waals surface area contributed by atoms with Crippen molar-refractivity contribution in [1.82, 2.24) is 0 Å². The van der Waals surface area contributed by atoms with Gasteiger partial charge in [0.05, 0.1) is 0 Å². The highest BCUT2D eigenvalue weighted by molar-refractivity contribution is 9.10. The Hall–Kier alpha value is -2.34. The lowest BCUT2D eigenvalue weighted by atomic mass is 9.95. The molecule has 26 heavy (non-hydrogen) atoms. The van der Waals surface area contributed by atoms with Gasteiger partial charge in [-0.3, -0.25) is 9.59 Å². The Kier molecular flexibility index (Phi) is 6.42. The van der Waals surface area contributed by atoms with E-state index in [1.165, 1.54) is 0 Å². The highest BCUT2D eigenvalue weighted by Crippen LogP contribution is 2.22. The molecular formula is C20H23BrN2O3. The van der Waals surface area contributed by atoms with Gasteiger partial charge in [-0.1, -0.05) is 42.8 Å². The first-order chi connectivity index (χ1) is 12.1. The Bertz CT molecular complexity index is 813. The number of hydrogen-bond donors (Lipinski definition) is 2. The Morgan fingerprint density at radius 3 is 2.31 bits per heavy atom. The number of rotatable bonds is 5. The standard InChI is InChI=1S/C20H23BrN2O3/c1-13-10-16(8-9-17(13)21)26-12-18(24)22-14-6-5-7-15(11-14)23-19(25)20(2,3)4/h5-11H,12H2,1-4H3,(H,22,24)(H,23,25). The summed E-state index contributed by atoms with van der Waals surface area (Å²) in [6, 6.07) is 12.6. The maximum atomic E-state index is 12.1. The van der Waals surface area contributed by atoms with Crippen molar-refractivity contribution in [3.63, 3.8) is 0 Å². The summed E-state index contributed by atoms with van der Waals surface area (Å²) in [5.74, 6) is 0.270. The van der Waals surface area contributed by atoms with Gasteiger partial charge in [-0.25, -0.2) is 0 Å². The van der Waals surface area contributed by atoms with Crippen LogP contribution in [0.4, 0.5) is 11.4 Å². The van der Waals surface area contributed by atoms with Gasteiger partial charge in [0.1, 0.15) is 5.75 Å². The molecular weight excluding hydrogens is 396 g/mol. The van der Waals surface area contributed by atoms with Crippen LogP contribution in [0.1, 0.15) is 26.3 Å². The van der Waals surface area contributed by atoms with E-state index in [9.17, 15) is 9.59 Å². The Morgan fingerprint density at radius 1 is 1.04 bits per heavy atom. The molecule has 2 aromatic carbocycles. The molecule has 138 valence electrons. The molecule has 2 N–H and O–H groups in total. The molecule has 0 aliphatic carbocycles. The third kappa shape index (κ3) is 5.88. The third-order valence-electron chi connectivity index (χ3n) is 3.58. The van der Waals surface area contributed by atoms with Crippen LogP contribution < -0.4 is 15.4 Å². The zero-order chi connectivity index (χ0) is 19.3. The van der Waals surface area contributed by atoms with Crippen molar-refractivity contribution in [2.24, 2.45) is 5.41 Å². The summed E-state index contributed by atoms with van der Waals surface area (Å²) >= 11 is 3.42. The van der Waals surface area contributed by atoms with Crippen molar-refractivity contribution in [3.8, 4) is 5.75 Å². The largest absolute Gasteiger partial charge is 0.484 e. The summed E-state index contributed by atoms with van der Waals surface area (Å²) in [4.78, 5) is 24.2. The number of carbonyl (C=O) groups excluding carboxylic acids is 2. The number of carbonyl (C=O) groups is 2. The molecule has 0 saturated heterocycles. The minimum atomic E-state index is -0.490. The number of aryl methyl sites for hydroxylation is 1. The van der Waals surface area contributed by atoms with Gasteiger partial charge in [0.2, 0.25) is 5.91 Å². The lowest BCUT2D eigenvalue weighted by Gasteiger charge is -2.18. The van der Waals surface area contributed by atoms with E-state index in [0.717, 1.165) is 10.0 Å². The first-order valence-corrected chi connectivity index (χ1v) is 9.05. The van der Waals surface area contributed by atoms with E-state index in [2.05, 4.69) is 26.6 Å². The molecule has 0 fully saturated rings. The molecule has 0 bridgehead atoms. The second-order valence-electron chi connectivity index (χ2n) is 7.03. The van der Waals surface area contributed by atoms with Crippen LogP contribution in [0.25, 0.3) is 0 Å². The van der Waals surface area contributed by atoms with E-state index in [-0.39, 0.29) is 18.4 Å². The molecule has 0 radical (unpaired) electrons. The van der Waals surface area contributed by atoms with Crippen LogP contribution >= 0.6 is 15.9 Å². The highest BCUT2D eigenvalue weighted by atomic mass is 79.9. The van der Waals surface area contributed by atoms with Gasteiger partial charge in [-0.2, -0.15) is 0 Å². The summed E-state index contributed by atoms with van der Waals surface area (Å²) in [5.41, 5.74) is 1.77. The number of halogens is 1. The summed E-state index contributed by atoms with van der Waals surface area (Å²) in [7, 11) is 0. The highest BCUT2D eigenvalue weighted by Gasteiger charge is 2.21. The van der Waals surface area contributed by atoms with E-state index in [4.69, 9.17) is 4.74 Å². The molecule has 0 saturated carbocycles. The molecule has 2 aromatic rings. The SMILES string of the molecule is Cc1cc(OCC(=O)Nc2cccc(NC(=O)C(C)(C)C)c2)ccc1Br. The molecule has 2 rings (SSSR count). The Morgan fingerprint density at radius 2 is 1.69 bits per heavy atom. The maximum Gasteiger partial charge on any atom is 0.262 e. The van der Waals surface area contributed by atoms with E-state index in [1.54, 1.807) is 30.3 Å². The molecule has 0 aliphatic rings. The number of amides is 2. The van der Waals surface area contributed by atoms with Crippen molar-refractivity contribution >= 4 is 39.1 Å². The molecule has 0 aliphatic heterocycles. The summed E-state index contributed by atoms with van der Waals surface area (Å²) in [6.07, 6.45) is 0. The van der Waals surface area contributed by atoms with Crippen LogP contribution in [-0.2, 0) is 9.59 Å². The monoisotopic (exact) mass is 418 g/mol. The fourth-order valence-corrected chi connectivity index (χ4v) is 2.29. The first kappa shape index (κ1) is 20.0. The molecule has 0 heterocycles. The molecule has 0 spiro atoms. The fraction of sp³-hybridized carbons (Fsp3) is 0.300. The van der Waals surface area contributed by atoms with Gasteiger partial charge in [0.15, 0.2) is 6.61 Å². The van der Waals surface area contributed by atoms with E-state index in [0.29, 0.717) is 17.1 Å². The summed E-state index contributed by atoms with van der Waals surface area (Å²) in [5, 5.41) is 5.60. The van der Waals surface area contributed by atoms with Crippen molar-refractivity contribution in [2.45, 2.75) is 27.7 Å². The van der Waals surface area contributed by atoms with Crippen LogP contribution in [-0.4, -0.2) is 18.4 Å². The van der Waals surface area contributed by atoms with Crippen molar-refractivity contribution in [1.29, 1.82) is 0 Å². The van der Waals surface area contributed by atoms with Crippen LogP contribution in [0.3, 0.4) is 0 Å². The van der Waals surface area contributed by atoms with Gasteiger partial charge in [0, 0.05) is 21.3 Å². The smallest absolute Gasteiger partial charge is 0.262 e. The summed E-state index contributed by atoms with van der Waals surface area (Å²) < 4.78 is 6.50. The minimum Gasteiger partial charge on any atom is -0.484 e. The van der Waals surface area contributed by atoms with Crippen LogP contribution in [0.5, 0.6) is 5.75 Å². The van der Waals surface area contributed by atoms with Gasteiger partial charge < -0.3 is 15.4 Å². The fourth-order valence-electron chi connectivity index (χ4n) is 2.05. The molecule has 0 aromatic heterocycles. The van der Waals surface area contributed by atoms with Crippen LogP contribution in [0, 0.1) is 12.3 Å². The Labute approximate surface area is 162 Å². The topological polar surface area (TPSA) is 67.4 Å². The second-order valence-corrected chi connectivity index (χ2v) is 7.89. The lowest BCUT2D eigenvalue weighted by Crippen LogP contribution is -2.27. The average molecular weight is 419 g/mol. The number of hydrogen-bond acceptors (Lipinski definition) is 3. The number of ether oxygens (including phenoxy) is 1. The third-order valence-corrected chi connectivity index (χ3v) is 4.47. The first-order valence-electron chi connectivity index (χ1n) is 8.25. The molecule has 6 heteroatoms. The molecule has 5 nitrogen and oxygen atoms in total. The molecule has 0 atom stereocenters. The maximum absolute atomic E-state index is 12.1. The van der Waals surface area contributed by atoms with E-state index < -0.39 is 5.41 Å². The normalized spacial score (nSPS) is 11.0. The minimum absolute atomic E-state index is 0.0880. The quantitative estimate of drug-likeness (QED) is 0.735. The zero-order valence-electron chi connectivity index (χ0n) is 15.4. The van der Waals surface area contributed by atoms with Gasteiger partial charge in [-0.05, 0) is 48.9 Å². The average Bonchev–Trinajstić information content (AvgIpc) is 2.55. The predicted octanol–water partition coefficient (Wildman–Crippen LogP) is 4.76. The zero-order valence-corrected chi connectivity index (χ0v) is 16.9. The van der Waals surface area contributed by atoms with Crippen LogP contribution in [0.2, 0.25) is 0 Å². The van der Waals surface area contributed by atoms with Crippen molar-refractivity contribution in [2.75, 3.05) is 17.2 Å². The van der Waals surface area contributed by atoms with Gasteiger partial charge >= 0.3 is 0 Å². The van der Waals surface area contributed by atoms with E-state index in [1.807, 2.05) is 39.8 Å². The van der Waals surface area contributed by atoms with Crippen molar-refractivity contribution < 1.29 is 14.3 Å². The second kappa shape index (κ2) is 8.36. The number of nitrogens with one attached hydrogen (secondary N) is 2. The molecule has 2 amide bonds. The molecule has 0 unspecified atom stereocenters. The number of anilines is 2. The summed E-state index contributed by atoms with van der Waals surface area (Å²) in [6.45, 7) is 7.38. The van der Waals surface area contributed by atoms with E-state index >= 15 is 0 Å². The van der Waals surface area contributed by atoms with Crippen LogP contribution in [0.15, 0.2) is 46.9 Å². The number of benzene rings is 2. The van der Waals surface area contributed by atoms with Crippen molar-refractivity contribution in [3.05, 3.63) is 52.5 Å². The lowest BCUT2D eigenvalue weighted by molar-refractivity contribution is -0.123. The van der Waals surface area contributed by atoms with Gasteiger partial charge in [-0.15, -0.1) is 0 Å². The van der Waals surface area contributed by atoms with Gasteiger partial charge in [0.25, 0.3) is 5.91 Å².